The second kappa shape index (κ2) is 8.41. The van der Waals surface area contributed by atoms with Crippen molar-refractivity contribution in [2.75, 3.05) is 11.5 Å². The maximum absolute atomic E-state index is 13.2. The highest BCUT2D eigenvalue weighted by Gasteiger charge is 2.19. The number of hydrogen-bond donors (Lipinski definition) is 2. The number of nitrogens with two attached hydrogens (primary N) is 2. The molecule has 0 saturated carbocycles. The molecule has 4 N–H and O–H groups in total. The number of benzene rings is 4. The van der Waals surface area contributed by atoms with Gasteiger partial charge >= 0.3 is 0 Å². The average Bonchev–Trinajstić information content (AvgIpc) is 2.77. The molecule has 0 aliphatic heterocycles. The van der Waals surface area contributed by atoms with Gasteiger partial charge in [-0.25, -0.2) is 8.42 Å². The summed E-state index contributed by atoms with van der Waals surface area (Å²) in [7, 11) is -3.81. The second-order valence-electron chi connectivity index (χ2n) is 6.73. The molecule has 0 amide bonds. The van der Waals surface area contributed by atoms with Crippen molar-refractivity contribution in [2.45, 2.75) is 9.79 Å². The maximum Gasteiger partial charge on any atom is 0.206 e. The van der Waals surface area contributed by atoms with Crippen molar-refractivity contribution < 1.29 is 17.9 Å². The van der Waals surface area contributed by atoms with Gasteiger partial charge in [-0.1, -0.05) is 36.4 Å². The molecule has 156 valence electrons. The Morgan fingerprint density at radius 1 is 0.548 bits per heavy atom. The Bertz CT molecular complexity index is 1240. The predicted molar refractivity (Wildman–Crippen MR) is 120 cm³/mol. The molecule has 4 aromatic rings. The van der Waals surface area contributed by atoms with Crippen LogP contribution >= 0.6 is 0 Å². The molecule has 7 heteroatoms. The maximum atomic E-state index is 13.2. The molecule has 0 aromatic heterocycles. The summed E-state index contributed by atoms with van der Waals surface area (Å²) in [6.45, 7) is 0. The number of nitrogen functional groups attached to an aromatic ring is 2. The zero-order valence-electron chi connectivity index (χ0n) is 16.4. The minimum absolute atomic E-state index is 0.0934. The summed E-state index contributed by atoms with van der Waals surface area (Å²) >= 11 is 0. The van der Waals surface area contributed by atoms with Gasteiger partial charge in [0, 0.05) is 0 Å². The second-order valence-corrected chi connectivity index (χ2v) is 8.68. The lowest BCUT2D eigenvalue weighted by atomic mass is 10.3. The summed E-state index contributed by atoms with van der Waals surface area (Å²) in [4.78, 5) is 0.187. The molecule has 31 heavy (non-hydrogen) atoms. The molecule has 0 aliphatic rings. The Kier molecular flexibility index (Phi) is 5.51. The Balaban J connectivity index is 1.63. The molecule has 0 saturated heterocycles. The number of sulfone groups is 1. The largest absolute Gasteiger partial charge is 0.455 e. The fourth-order valence-corrected chi connectivity index (χ4v) is 4.28. The van der Waals surface area contributed by atoms with E-state index in [9.17, 15) is 8.42 Å². The highest BCUT2D eigenvalue weighted by Crippen LogP contribution is 2.32. The van der Waals surface area contributed by atoms with E-state index in [0.717, 1.165) is 0 Å². The molecule has 0 heterocycles. The van der Waals surface area contributed by atoms with E-state index in [1.165, 1.54) is 24.3 Å². The van der Waals surface area contributed by atoms with E-state index in [1.807, 2.05) is 0 Å². The Hall–Kier alpha value is -3.97. The number of ether oxygens (including phenoxy) is 2. The first-order valence-corrected chi connectivity index (χ1v) is 10.9. The molecule has 0 fully saturated rings. The van der Waals surface area contributed by atoms with Crippen LogP contribution in [0.5, 0.6) is 23.0 Å². The number of hydrogen-bond acceptors (Lipinski definition) is 6. The molecular weight excluding hydrogens is 412 g/mol. The van der Waals surface area contributed by atoms with Crippen molar-refractivity contribution in [3.8, 4) is 23.0 Å². The minimum Gasteiger partial charge on any atom is -0.455 e. The highest BCUT2D eigenvalue weighted by atomic mass is 32.2. The molecule has 0 spiro atoms. The van der Waals surface area contributed by atoms with Crippen LogP contribution in [0.1, 0.15) is 0 Å². The molecule has 6 nitrogen and oxygen atoms in total. The molecule has 0 bridgehead atoms. The lowest BCUT2D eigenvalue weighted by Crippen LogP contribution is -2.03. The fourth-order valence-electron chi connectivity index (χ4n) is 2.95. The van der Waals surface area contributed by atoms with Gasteiger partial charge in [-0.15, -0.1) is 0 Å². The van der Waals surface area contributed by atoms with E-state index in [-0.39, 0.29) is 9.79 Å². The van der Waals surface area contributed by atoms with Crippen LogP contribution in [0.4, 0.5) is 11.4 Å². The normalized spacial score (nSPS) is 11.1. The molecule has 0 radical (unpaired) electrons. The van der Waals surface area contributed by atoms with Crippen LogP contribution in [0, 0.1) is 0 Å². The lowest BCUT2D eigenvalue weighted by molar-refractivity contribution is 0.482. The summed E-state index contributed by atoms with van der Waals surface area (Å²) in [6, 6.07) is 26.5. The van der Waals surface area contributed by atoms with Gasteiger partial charge < -0.3 is 20.9 Å². The number of para-hydroxylation sites is 4. The SMILES string of the molecule is Nc1ccccc1Oc1cccc(S(=O)(=O)c2cccc(Oc3ccccc3N)c2)c1. The third-order valence-corrected chi connectivity index (χ3v) is 6.27. The van der Waals surface area contributed by atoms with Crippen LogP contribution in [0.15, 0.2) is 107 Å². The van der Waals surface area contributed by atoms with Crippen molar-refractivity contribution >= 4 is 21.2 Å². The van der Waals surface area contributed by atoms with E-state index in [2.05, 4.69) is 0 Å². The predicted octanol–water partition coefficient (Wildman–Crippen LogP) is 5.27. The smallest absolute Gasteiger partial charge is 0.206 e. The van der Waals surface area contributed by atoms with Gasteiger partial charge in [0.2, 0.25) is 9.84 Å². The van der Waals surface area contributed by atoms with Gasteiger partial charge in [0.05, 0.1) is 21.2 Å². The molecule has 0 aliphatic carbocycles. The van der Waals surface area contributed by atoms with Crippen molar-refractivity contribution in [2.24, 2.45) is 0 Å². The Labute approximate surface area is 180 Å². The Morgan fingerprint density at radius 2 is 0.968 bits per heavy atom. The number of rotatable bonds is 6. The minimum atomic E-state index is -3.81. The van der Waals surface area contributed by atoms with Crippen LogP contribution in [-0.2, 0) is 9.84 Å². The summed E-state index contributed by atoms with van der Waals surface area (Å²) in [6.07, 6.45) is 0. The molecule has 4 rings (SSSR count). The van der Waals surface area contributed by atoms with E-state index >= 15 is 0 Å². The quantitative estimate of drug-likeness (QED) is 0.402. The van der Waals surface area contributed by atoms with Crippen molar-refractivity contribution in [3.63, 3.8) is 0 Å². The first kappa shape index (κ1) is 20.3. The van der Waals surface area contributed by atoms with Gasteiger partial charge in [0.1, 0.15) is 23.0 Å². The van der Waals surface area contributed by atoms with Crippen LogP contribution in [0.25, 0.3) is 0 Å². The van der Waals surface area contributed by atoms with Crippen molar-refractivity contribution in [3.05, 3.63) is 97.1 Å². The average molecular weight is 433 g/mol. The molecular formula is C24H20N2O4S. The van der Waals surface area contributed by atoms with Gasteiger partial charge in [-0.05, 0) is 60.7 Å². The molecule has 4 aromatic carbocycles. The molecule has 0 unspecified atom stereocenters. The molecule has 0 atom stereocenters. The van der Waals surface area contributed by atoms with Crippen LogP contribution in [0.2, 0.25) is 0 Å². The van der Waals surface area contributed by atoms with E-state index in [1.54, 1.807) is 72.8 Å². The van der Waals surface area contributed by atoms with E-state index in [4.69, 9.17) is 20.9 Å². The first-order chi connectivity index (χ1) is 14.9. The summed E-state index contributed by atoms with van der Waals surface area (Å²) in [5.41, 5.74) is 12.7. The number of anilines is 2. The fraction of sp³-hybridized carbons (Fsp3) is 0. The van der Waals surface area contributed by atoms with E-state index < -0.39 is 9.84 Å². The van der Waals surface area contributed by atoms with Crippen LogP contribution in [0.3, 0.4) is 0 Å². The zero-order chi connectivity index (χ0) is 21.8. The van der Waals surface area contributed by atoms with Gasteiger partial charge in [0.15, 0.2) is 0 Å². The standard InChI is InChI=1S/C24H20N2O4S/c25-21-11-1-3-13-23(21)29-17-7-5-9-19(15-17)31(27,28)20-10-6-8-18(16-20)30-24-14-4-2-12-22(24)26/h1-16H,25-26H2. The van der Waals surface area contributed by atoms with Gasteiger partial charge in [0.25, 0.3) is 0 Å². The highest BCUT2D eigenvalue weighted by molar-refractivity contribution is 7.91. The lowest BCUT2D eigenvalue weighted by Gasteiger charge is -2.12. The van der Waals surface area contributed by atoms with Gasteiger partial charge in [-0.2, -0.15) is 0 Å². The zero-order valence-corrected chi connectivity index (χ0v) is 17.3. The van der Waals surface area contributed by atoms with Gasteiger partial charge in [-0.3, -0.25) is 0 Å². The summed E-state index contributed by atoms with van der Waals surface area (Å²) in [5, 5.41) is 0. The van der Waals surface area contributed by atoms with Crippen molar-refractivity contribution in [1.29, 1.82) is 0 Å². The topological polar surface area (TPSA) is 105 Å². The third kappa shape index (κ3) is 4.46. The third-order valence-electron chi connectivity index (χ3n) is 4.53. The van der Waals surface area contributed by atoms with Crippen molar-refractivity contribution in [1.82, 2.24) is 0 Å². The van der Waals surface area contributed by atoms with E-state index in [0.29, 0.717) is 34.4 Å². The summed E-state index contributed by atoms with van der Waals surface area (Å²) < 4.78 is 38.0. The van der Waals surface area contributed by atoms with Crippen LogP contribution in [-0.4, -0.2) is 8.42 Å². The first-order valence-electron chi connectivity index (χ1n) is 9.43. The van der Waals surface area contributed by atoms with Crippen LogP contribution < -0.4 is 20.9 Å². The summed E-state index contributed by atoms with van der Waals surface area (Å²) in [5.74, 6) is 1.63. The monoisotopic (exact) mass is 432 g/mol. The Morgan fingerprint density at radius 3 is 1.39 bits per heavy atom.